The summed E-state index contributed by atoms with van der Waals surface area (Å²) < 4.78 is 0. The van der Waals surface area contributed by atoms with Crippen LogP contribution in [0.3, 0.4) is 0 Å². The molecule has 1 saturated heterocycles. The lowest BCUT2D eigenvalue weighted by Crippen LogP contribution is -2.33. The summed E-state index contributed by atoms with van der Waals surface area (Å²) in [6, 6.07) is 5.09. The summed E-state index contributed by atoms with van der Waals surface area (Å²) in [6.45, 7) is 5.17. The molecule has 0 N–H and O–H groups in total. The van der Waals surface area contributed by atoms with Crippen molar-refractivity contribution in [1.29, 1.82) is 0 Å². The van der Waals surface area contributed by atoms with Crippen molar-refractivity contribution < 1.29 is 4.92 Å². The summed E-state index contributed by atoms with van der Waals surface area (Å²) in [5, 5.41) is 11.1. The highest BCUT2D eigenvalue weighted by Crippen LogP contribution is 2.27. The van der Waals surface area contributed by atoms with Gasteiger partial charge in [-0.25, -0.2) is 0 Å². The van der Waals surface area contributed by atoms with Crippen LogP contribution in [0.5, 0.6) is 0 Å². The second-order valence-electron chi connectivity index (χ2n) is 5.17. The smallest absolute Gasteiger partial charge is 0.288 e. The largest absolute Gasteiger partial charge is 0.299 e. The molecule has 0 unspecified atom stereocenters. The zero-order valence-corrected chi connectivity index (χ0v) is 11.9. The summed E-state index contributed by atoms with van der Waals surface area (Å²) >= 11 is 5.82. The van der Waals surface area contributed by atoms with Crippen LogP contribution in [0.1, 0.15) is 31.7 Å². The van der Waals surface area contributed by atoms with Gasteiger partial charge in [-0.05, 0) is 43.5 Å². The molecule has 4 nitrogen and oxygen atoms in total. The van der Waals surface area contributed by atoms with Crippen LogP contribution in [0.4, 0.5) is 5.69 Å². The van der Waals surface area contributed by atoms with E-state index >= 15 is 0 Å². The fourth-order valence-corrected chi connectivity index (χ4v) is 2.79. The summed E-state index contributed by atoms with van der Waals surface area (Å²) in [6.07, 6.45) is 3.71. The van der Waals surface area contributed by atoms with Crippen molar-refractivity contribution in [2.24, 2.45) is 5.92 Å². The summed E-state index contributed by atoms with van der Waals surface area (Å²) in [7, 11) is 0. The second-order valence-corrected chi connectivity index (χ2v) is 5.58. The fourth-order valence-electron chi connectivity index (χ4n) is 2.61. The molecule has 0 spiro atoms. The van der Waals surface area contributed by atoms with Gasteiger partial charge in [0.15, 0.2) is 0 Å². The highest BCUT2D eigenvalue weighted by atomic mass is 35.5. The number of rotatable bonds is 4. The molecule has 0 bridgehead atoms. The van der Waals surface area contributed by atoms with E-state index in [9.17, 15) is 10.1 Å². The zero-order chi connectivity index (χ0) is 13.8. The van der Waals surface area contributed by atoms with Gasteiger partial charge in [0.25, 0.3) is 5.69 Å². The molecule has 1 heterocycles. The third kappa shape index (κ3) is 3.67. The average Bonchev–Trinajstić information content (AvgIpc) is 2.41. The highest BCUT2D eigenvalue weighted by Gasteiger charge is 2.19. The molecule has 0 atom stereocenters. The van der Waals surface area contributed by atoms with E-state index in [-0.39, 0.29) is 10.7 Å². The Morgan fingerprint density at radius 2 is 2.11 bits per heavy atom. The molecule has 0 aliphatic carbocycles. The Hall–Kier alpha value is -1.13. The molecule has 1 aliphatic rings. The minimum atomic E-state index is -0.421. The van der Waals surface area contributed by atoms with Gasteiger partial charge in [-0.2, -0.15) is 0 Å². The number of piperidine rings is 1. The molecule has 1 aliphatic heterocycles. The molecule has 104 valence electrons. The Labute approximate surface area is 118 Å². The molecular formula is C14H19ClN2O2. The quantitative estimate of drug-likeness (QED) is 0.622. The molecule has 0 amide bonds. The Balaban J connectivity index is 2.00. The number of nitro groups is 1. The van der Waals surface area contributed by atoms with Crippen molar-refractivity contribution in [1.82, 2.24) is 4.90 Å². The topological polar surface area (TPSA) is 46.4 Å². The van der Waals surface area contributed by atoms with E-state index in [0.29, 0.717) is 0 Å². The Morgan fingerprint density at radius 3 is 2.68 bits per heavy atom. The maximum absolute atomic E-state index is 10.9. The van der Waals surface area contributed by atoms with Crippen LogP contribution in [0.15, 0.2) is 18.2 Å². The first-order chi connectivity index (χ1) is 9.10. The van der Waals surface area contributed by atoms with Crippen LogP contribution in [0.2, 0.25) is 5.02 Å². The molecular weight excluding hydrogens is 264 g/mol. The number of nitro benzene ring substituents is 1. The molecule has 1 aromatic carbocycles. The lowest BCUT2D eigenvalue weighted by molar-refractivity contribution is -0.384. The molecule has 0 radical (unpaired) electrons. The van der Waals surface area contributed by atoms with Crippen LogP contribution in [-0.4, -0.2) is 22.9 Å². The van der Waals surface area contributed by atoms with Gasteiger partial charge in [0, 0.05) is 12.6 Å². The van der Waals surface area contributed by atoms with E-state index in [0.717, 1.165) is 31.1 Å². The maximum atomic E-state index is 10.9. The maximum Gasteiger partial charge on any atom is 0.288 e. The summed E-state index contributed by atoms with van der Waals surface area (Å²) in [4.78, 5) is 12.8. The molecule has 19 heavy (non-hydrogen) atoms. The first-order valence-electron chi connectivity index (χ1n) is 6.75. The van der Waals surface area contributed by atoms with Crippen LogP contribution >= 0.6 is 11.6 Å². The average molecular weight is 283 g/mol. The van der Waals surface area contributed by atoms with Crippen LogP contribution < -0.4 is 0 Å². The number of halogens is 1. The second kappa shape index (κ2) is 6.35. The molecule has 5 heteroatoms. The molecule has 0 saturated carbocycles. The normalized spacial score (nSPS) is 17.6. The van der Waals surface area contributed by atoms with Gasteiger partial charge in [0.05, 0.1) is 4.92 Å². The monoisotopic (exact) mass is 282 g/mol. The Kier molecular flexibility index (Phi) is 4.77. The summed E-state index contributed by atoms with van der Waals surface area (Å²) in [5.41, 5.74) is 0.966. The zero-order valence-electron chi connectivity index (χ0n) is 11.1. The van der Waals surface area contributed by atoms with Gasteiger partial charge in [-0.15, -0.1) is 0 Å². The van der Waals surface area contributed by atoms with Crippen molar-refractivity contribution in [2.75, 3.05) is 13.1 Å². The Bertz CT molecular complexity index is 457. The minimum absolute atomic E-state index is 0.00242. The number of hydrogen-bond acceptors (Lipinski definition) is 3. The summed E-state index contributed by atoms with van der Waals surface area (Å²) in [5.74, 6) is 0.843. The van der Waals surface area contributed by atoms with Crippen molar-refractivity contribution >= 4 is 17.3 Å². The molecule has 1 aromatic rings. The van der Waals surface area contributed by atoms with Gasteiger partial charge in [-0.1, -0.05) is 31.0 Å². The fraction of sp³-hybridized carbons (Fsp3) is 0.571. The minimum Gasteiger partial charge on any atom is -0.299 e. The van der Waals surface area contributed by atoms with Crippen molar-refractivity contribution in [2.45, 2.75) is 32.7 Å². The highest BCUT2D eigenvalue weighted by molar-refractivity contribution is 6.32. The number of hydrogen-bond donors (Lipinski definition) is 0. The molecule has 2 rings (SSSR count). The van der Waals surface area contributed by atoms with Gasteiger partial charge in [0.1, 0.15) is 5.02 Å². The van der Waals surface area contributed by atoms with E-state index in [2.05, 4.69) is 11.8 Å². The van der Waals surface area contributed by atoms with E-state index in [4.69, 9.17) is 11.6 Å². The third-order valence-corrected chi connectivity index (χ3v) is 4.22. The molecule has 0 aromatic heterocycles. The van der Waals surface area contributed by atoms with Crippen LogP contribution in [-0.2, 0) is 6.54 Å². The predicted molar refractivity (Wildman–Crippen MR) is 76.4 cm³/mol. The first-order valence-corrected chi connectivity index (χ1v) is 7.13. The number of nitrogens with zero attached hydrogens (tertiary/aromatic N) is 2. The SMILES string of the molecule is CCC1CCN(Cc2ccc(Cl)c([N+](=O)[O-])c2)CC1. The van der Waals surface area contributed by atoms with E-state index in [1.54, 1.807) is 12.1 Å². The van der Waals surface area contributed by atoms with Crippen LogP contribution in [0.25, 0.3) is 0 Å². The van der Waals surface area contributed by atoms with Crippen molar-refractivity contribution in [3.8, 4) is 0 Å². The standard InChI is InChI=1S/C14H19ClN2O2/c1-2-11-5-7-16(8-6-11)10-12-3-4-13(15)14(9-12)17(18)19/h3-4,9,11H,2,5-8,10H2,1H3. The number of likely N-dealkylation sites (tertiary alicyclic amines) is 1. The van der Waals surface area contributed by atoms with Gasteiger partial charge < -0.3 is 0 Å². The predicted octanol–water partition coefficient (Wildman–Crippen LogP) is 3.87. The third-order valence-electron chi connectivity index (χ3n) is 3.90. The van der Waals surface area contributed by atoms with Gasteiger partial charge in [0.2, 0.25) is 0 Å². The lowest BCUT2D eigenvalue weighted by atomic mass is 9.94. The lowest BCUT2D eigenvalue weighted by Gasteiger charge is -2.31. The van der Waals surface area contributed by atoms with E-state index in [1.807, 2.05) is 6.07 Å². The van der Waals surface area contributed by atoms with E-state index in [1.165, 1.54) is 19.3 Å². The van der Waals surface area contributed by atoms with Crippen LogP contribution in [0, 0.1) is 16.0 Å². The van der Waals surface area contributed by atoms with E-state index < -0.39 is 4.92 Å². The van der Waals surface area contributed by atoms with Gasteiger partial charge in [-0.3, -0.25) is 15.0 Å². The Morgan fingerprint density at radius 1 is 1.42 bits per heavy atom. The molecule has 1 fully saturated rings. The van der Waals surface area contributed by atoms with Crippen molar-refractivity contribution in [3.63, 3.8) is 0 Å². The first kappa shape index (κ1) is 14.3. The van der Waals surface area contributed by atoms with Crippen molar-refractivity contribution in [3.05, 3.63) is 38.9 Å². The number of benzene rings is 1. The van der Waals surface area contributed by atoms with Gasteiger partial charge >= 0.3 is 0 Å².